The lowest BCUT2D eigenvalue weighted by Gasteiger charge is -2.31. The Labute approximate surface area is 176 Å². The van der Waals surface area contributed by atoms with Gasteiger partial charge in [0.25, 0.3) is 5.91 Å². The molecule has 1 N–H and O–H groups in total. The summed E-state index contributed by atoms with van der Waals surface area (Å²) in [5, 5.41) is 2.96. The van der Waals surface area contributed by atoms with E-state index in [4.69, 9.17) is 14.2 Å². The fourth-order valence-electron chi connectivity index (χ4n) is 4.26. The predicted octanol–water partition coefficient (Wildman–Crippen LogP) is 0.828. The van der Waals surface area contributed by atoms with E-state index >= 15 is 0 Å². The number of nitrogens with one attached hydrogen (secondary N) is 1. The molecule has 3 heterocycles. The Kier molecular flexibility index (Phi) is 5.83. The second-order valence-electron chi connectivity index (χ2n) is 7.57. The van der Waals surface area contributed by atoms with Crippen LogP contribution >= 0.6 is 0 Å². The van der Waals surface area contributed by atoms with Gasteiger partial charge < -0.3 is 24.4 Å². The van der Waals surface area contributed by atoms with Gasteiger partial charge in [-0.25, -0.2) is 4.79 Å². The monoisotopic (exact) mass is 416 g/mol. The maximum Gasteiger partial charge on any atom is 0.322 e. The average molecular weight is 416 g/mol. The number of carbonyl (C=O) groups is 2. The van der Waals surface area contributed by atoms with Crippen LogP contribution in [0.4, 0.5) is 4.79 Å². The lowest BCUT2D eigenvalue weighted by molar-refractivity contribution is -0.126. The molecular weight excluding hydrogens is 388 g/mol. The van der Waals surface area contributed by atoms with Crippen LogP contribution in [0.2, 0.25) is 0 Å². The molecule has 1 aromatic carbocycles. The zero-order valence-electron chi connectivity index (χ0n) is 17.6. The van der Waals surface area contributed by atoms with Gasteiger partial charge in [-0.05, 0) is 6.07 Å². The number of benzene rings is 1. The summed E-state index contributed by atoms with van der Waals surface area (Å²) in [5.41, 5.74) is 2.03. The number of hydrogen-bond donors (Lipinski definition) is 1. The van der Waals surface area contributed by atoms with Crippen LogP contribution in [-0.2, 0) is 9.53 Å². The molecule has 3 amide bonds. The molecule has 0 unspecified atom stereocenters. The third-order valence-corrected chi connectivity index (χ3v) is 5.97. The van der Waals surface area contributed by atoms with E-state index in [1.807, 2.05) is 17.0 Å². The molecule has 3 aliphatic rings. The molecule has 1 aromatic rings. The molecule has 9 heteroatoms. The normalized spacial score (nSPS) is 22.3. The minimum Gasteiger partial charge on any atom is -0.493 e. The maximum absolute atomic E-state index is 13.4. The highest BCUT2D eigenvalue weighted by atomic mass is 16.5. The number of nitrogens with zero attached hydrogens (tertiary/aromatic N) is 3. The zero-order chi connectivity index (χ0) is 21.3. The van der Waals surface area contributed by atoms with Crippen LogP contribution in [0.25, 0.3) is 0 Å². The van der Waals surface area contributed by atoms with Crippen LogP contribution < -0.4 is 14.8 Å². The second kappa shape index (κ2) is 8.53. The van der Waals surface area contributed by atoms with Gasteiger partial charge >= 0.3 is 6.03 Å². The standard InChI is InChI=1S/C21H28N4O5/c1-23-15-13-25(8-7-24-9-11-30-12-10-24)20(26)17(15)18(22-21(23)27)14-5-4-6-16(28-2)19(14)29-3/h4-6,18H,7-13H2,1-3H3,(H,22,27)/t18-/m0/s1. The van der Waals surface area contributed by atoms with Gasteiger partial charge in [-0.15, -0.1) is 0 Å². The van der Waals surface area contributed by atoms with E-state index in [0.29, 0.717) is 35.7 Å². The number of hydrogen-bond acceptors (Lipinski definition) is 6. The quantitative estimate of drug-likeness (QED) is 0.740. The van der Waals surface area contributed by atoms with Crippen molar-refractivity contribution in [1.29, 1.82) is 0 Å². The van der Waals surface area contributed by atoms with Gasteiger partial charge in [0.1, 0.15) is 0 Å². The van der Waals surface area contributed by atoms with Gasteiger partial charge in [-0.3, -0.25) is 14.6 Å². The second-order valence-corrected chi connectivity index (χ2v) is 7.57. The first kappa shape index (κ1) is 20.5. The Balaban J connectivity index is 1.61. The third kappa shape index (κ3) is 3.59. The summed E-state index contributed by atoms with van der Waals surface area (Å²) >= 11 is 0. The zero-order valence-corrected chi connectivity index (χ0v) is 17.6. The molecule has 0 spiro atoms. The Morgan fingerprint density at radius 2 is 1.90 bits per heavy atom. The van der Waals surface area contributed by atoms with Crippen molar-refractivity contribution >= 4 is 11.9 Å². The number of ether oxygens (including phenoxy) is 3. The molecule has 1 fully saturated rings. The van der Waals surface area contributed by atoms with Gasteiger partial charge in [0.05, 0.1) is 51.3 Å². The van der Waals surface area contributed by atoms with E-state index in [0.717, 1.165) is 38.5 Å². The third-order valence-electron chi connectivity index (χ3n) is 5.97. The van der Waals surface area contributed by atoms with E-state index in [1.54, 1.807) is 27.3 Å². The number of methoxy groups -OCH3 is 2. The van der Waals surface area contributed by atoms with Gasteiger partial charge in [-0.1, -0.05) is 12.1 Å². The number of rotatable bonds is 6. The first-order chi connectivity index (χ1) is 14.5. The summed E-state index contributed by atoms with van der Waals surface area (Å²) in [4.78, 5) is 31.7. The van der Waals surface area contributed by atoms with E-state index < -0.39 is 6.04 Å². The van der Waals surface area contributed by atoms with Gasteiger partial charge in [0, 0.05) is 38.8 Å². The summed E-state index contributed by atoms with van der Waals surface area (Å²) in [5.74, 6) is 1.01. The van der Waals surface area contributed by atoms with Crippen LogP contribution in [0, 0.1) is 0 Å². The van der Waals surface area contributed by atoms with E-state index in [-0.39, 0.29) is 11.9 Å². The SMILES string of the molecule is COc1cccc([C@@H]2NC(=O)N(C)C3=C2C(=O)N(CCN2CCOCC2)C3)c1OC. The first-order valence-electron chi connectivity index (χ1n) is 10.1. The van der Waals surface area contributed by atoms with E-state index in [2.05, 4.69) is 10.2 Å². The Bertz CT molecular complexity index is 865. The highest BCUT2D eigenvalue weighted by molar-refractivity contribution is 6.01. The molecule has 0 aliphatic carbocycles. The molecule has 0 saturated carbocycles. The first-order valence-corrected chi connectivity index (χ1v) is 10.1. The summed E-state index contributed by atoms with van der Waals surface area (Å²) < 4.78 is 16.4. The fraction of sp³-hybridized carbons (Fsp3) is 0.524. The summed E-state index contributed by atoms with van der Waals surface area (Å²) in [6.07, 6.45) is 0. The number of para-hydroxylation sites is 1. The van der Waals surface area contributed by atoms with Gasteiger partial charge in [0.2, 0.25) is 0 Å². The van der Waals surface area contributed by atoms with Crippen LogP contribution in [0.3, 0.4) is 0 Å². The molecule has 0 bridgehead atoms. The van der Waals surface area contributed by atoms with Crippen molar-refractivity contribution in [3.8, 4) is 11.5 Å². The summed E-state index contributed by atoms with van der Waals surface area (Å²) in [7, 11) is 4.81. The van der Waals surface area contributed by atoms with E-state index in [9.17, 15) is 9.59 Å². The molecule has 1 saturated heterocycles. The minimum absolute atomic E-state index is 0.0556. The number of morpholine rings is 1. The molecule has 162 valence electrons. The summed E-state index contributed by atoms with van der Waals surface area (Å²) in [6, 6.07) is 4.64. The van der Waals surface area contributed by atoms with Crippen molar-refractivity contribution in [3.63, 3.8) is 0 Å². The minimum atomic E-state index is -0.588. The Morgan fingerprint density at radius 1 is 1.13 bits per heavy atom. The largest absolute Gasteiger partial charge is 0.493 e. The topological polar surface area (TPSA) is 83.6 Å². The van der Waals surface area contributed by atoms with Gasteiger partial charge in [-0.2, -0.15) is 0 Å². The van der Waals surface area contributed by atoms with Crippen molar-refractivity contribution in [1.82, 2.24) is 20.0 Å². The molecule has 4 rings (SSSR count). The Hall–Kier alpha value is -2.78. The van der Waals surface area contributed by atoms with E-state index in [1.165, 1.54) is 4.90 Å². The average Bonchev–Trinajstić information content (AvgIpc) is 3.11. The van der Waals surface area contributed by atoms with Crippen LogP contribution in [0.5, 0.6) is 11.5 Å². The lowest BCUT2D eigenvalue weighted by atomic mass is 9.94. The molecule has 1 atom stereocenters. The smallest absolute Gasteiger partial charge is 0.322 e. The molecule has 30 heavy (non-hydrogen) atoms. The molecule has 0 radical (unpaired) electrons. The van der Waals surface area contributed by atoms with Crippen molar-refractivity contribution in [2.45, 2.75) is 6.04 Å². The lowest BCUT2D eigenvalue weighted by Crippen LogP contribution is -2.45. The molecule has 0 aromatic heterocycles. The predicted molar refractivity (Wildman–Crippen MR) is 109 cm³/mol. The van der Waals surface area contributed by atoms with Crippen LogP contribution in [0.1, 0.15) is 11.6 Å². The number of carbonyl (C=O) groups excluding carboxylic acids is 2. The highest BCUT2D eigenvalue weighted by Gasteiger charge is 2.43. The number of amides is 3. The van der Waals surface area contributed by atoms with Crippen molar-refractivity contribution in [2.24, 2.45) is 0 Å². The maximum atomic E-state index is 13.4. The molecule has 3 aliphatic heterocycles. The van der Waals surface area contributed by atoms with Crippen molar-refractivity contribution in [2.75, 3.05) is 67.2 Å². The highest BCUT2D eigenvalue weighted by Crippen LogP contribution is 2.42. The summed E-state index contributed by atoms with van der Waals surface area (Å²) in [6.45, 7) is 5.01. The van der Waals surface area contributed by atoms with Crippen molar-refractivity contribution < 1.29 is 23.8 Å². The Morgan fingerprint density at radius 3 is 2.60 bits per heavy atom. The van der Waals surface area contributed by atoms with Crippen molar-refractivity contribution in [3.05, 3.63) is 35.0 Å². The number of urea groups is 1. The van der Waals surface area contributed by atoms with Gasteiger partial charge in [0.15, 0.2) is 11.5 Å². The van der Waals surface area contributed by atoms with Crippen LogP contribution in [0.15, 0.2) is 29.5 Å². The molecular formula is C21H28N4O5. The van der Waals surface area contributed by atoms with Crippen LogP contribution in [-0.4, -0.2) is 93.8 Å². The number of likely N-dealkylation sites (N-methyl/N-ethyl adjacent to an activating group) is 1. The fourth-order valence-corrected chi connectivity index (χ4v) is 4.26. The molecule has 9 nitrogen and oxygen atoms in total.